The summed E-state index contributed by atoms with van der Waals surface area (Å²) in [6.07, 6.45) is 0.879. The number of urea groups is 1. The highest BCUT2D eigenvalue weighted by Crippen LogP contribution is 2.22. The molecule has 0 bridgehead atoms. The minimum atomic E-state index is -0.349. The van der Waals surface area contributed by atoms with Gasteiger partial charge in [0.15, 0.2) is 6.73 Å². The molecule has 5 nitrogen and oxygen atoms in total. The lowest BCUT2D eigenvalue weighted by atomic mass is 10.1. The third-order valence-electron chi connectivity index (χ3n) is 3.17. The van der Waals surface area contributed by atoms with E-state index in [0.717, 1.165) is 17.7 Å². The van der Waals surface area contributed by atoms with Crippen molar-refractivity contribution in [2.24, 2.45) is 0 Å². The smallest absolute Gasteiger partial charge is 0.321 e. The Bertz CT molecular complexity index is 629. The summed E-state index contributed by atoms with van der Waals surface area (Å²) in [7, 11) is 1.56. The van der Waals surface area contributed by atoms with Crippen molar-refractivity contribution in [3.8, 4) is 11.5 Å². The van der Waals surface area contributed by atoms with Crippen LogP contribution in [0.4, 0.5) is 10.5 Å². The number of para-hydroxylation sites is 3. The maximum Gasteiger partial charge on any atom is 0.321 e. The number of hydrogen-bond acceptors (Lipinski definition) is 3. The first-order valence-corrected chi connectivity index (χ1v) is 7.13. The van der Waals surface area contributed by atoms with Gasteiger partial charge in [-0.15, -0.1) is 0 Å². The summed E-state index contributed by atoms with van der Waals surface area (Å²) >= 11 is 0. The lowest BCUT2D eigenvalue weighted by Gasteiger charge is -2.13. The molecule has 2 aromatic carbocycles. The molecule has 0 fully saturated rings. The number of benzene rings is 2. The SMILES string of the molecule is CCc1ccccc1OCNC(=O)Nc1ccccc1OC. The first kappa shape index (κ1) is 15.7. The molecular formula is C17H20N2O3. The zero-order valence-electron chi connectivity index (χ0n) is 12.8. The predicted octanol–water partition coefficient (Wildman–Crippen LogP) is 3.42. The molecule has 0 atom stereocenters. The number of hydrogen-bond donors (Lipinski definition) is 2. The zero-order valence-corrected chi connectivity index (χ0v) is 12.8. The van der Waals surface area contributed by atoms with Gasteiger partial charge < -0.3 is 20.1 Å². The highest BCUT2D eigenvalue weighted by molar-refractivity contribution is 5.90. The Hall–Kier alpha value is -2.69. The van der Waals surface area contributed by atoms with E-state index in [1.165, 1.54) is 0 Å². The van der Waals surface area contributed by atoms with Crippen LogP contribution in [-0.2, 0) is 6.42 Å². The standard InChI is InChI=1S/C17H20N2O3/c1-3-13-8-4-6-10-15(13)22-12-18-17(20)19-14-9-5-7-11-16(14)21-2/h4-11H,3,12H2,1-2H3,(H2,18,19,20). The minimum Gasteiger partial charge on any atom is -0.495 e. The molecular weight excluding hydrogens is 280 g/mol. The van der Waals surface area contributed by atoms with E-state index < -0.39 is 0 Å². The van der Waals surface area contributed by atoms with Crippen molar-refractivity contribution in [2.75, 3.05) is 19.2 Å². The van der Waals surface area contributed by atoms with E-state index in [2.05, 4.69) is 17.6 Å². The van der Waals surface area contributed by atoms with Crippen LogP contribution in [0.25, 0.3) is 0 Å². The van der Waals surface area contributed by atoms with Gasteiger partial charge in [0.1, 0.15) is 11.5 Å². The average molecular weight is 300 g/mol. The number of nitrogens with one attached hydrogen (secondary N) is 2. The Morgan fingerprint density at radius 1 is 1.05 bits per heavy atom. The van der Waals surface area contributed by atoms with Crippen LogP contribution in [0, 0.1) is 0 Å². The van der Waals surface area contributed by atoms with Gasteiger partial charge in [0.25, 0.3) is 0 Å². The fourth-order valence-corrected chi connectivity index (χ4v) is 2.03. The fraction of sp³-hybridized carbons (Fsp3) is 0.235. The van der Waals surface area contributed by atoms with E-state index in [1.807, 2.05) is 36.4 Å². The monoisotopic (exact) mass is 300 g/mol. The molecule has 2 N–H and O–H groups in total. The quantitative estimate of drug-likeness (QED) is 0.804. The van der Waals surface area contributed by atoms with Gasteiger partial charge in [0.2, 0.25) is 0 Å². The van der Waals surface area contributed by atoms with Gasteiger partial charge in [-0.2, -0.15) is 0 Å². The van der Waals surface area contributed by atoms with Crippen molar-refractivity contribution in [3.63, 3.8) is 0 Å². The maximum atomic E-state index is 11.9. The number of carbonyl (C=O) groups is 1. The molecule has 0 aromatic heterocycles. The second-order valence-electron chi connectivity index (χ2n) is 4.58. The highest BCUT2D eigenvalue weighted by atomic mass is 16.5. The van der Waals surface area contributed by atoms with E-state index in [1.54, 1.807) is 19.2 Å². The molecule has 5 heteroatoms. The van der Waals surface area contributed by atoms with Gasteiger partial charge in [-0.25, -0.2) is 4.79 Å². The Morgan fingerprint density at radius 2 is 1.73 bits per heavy atom. The third kappa shape index (κ3) is 4.15. The molecule has 0 saturated heterocycles. The number of ether oxygens (including phenoxy) is 2. The zero-order chi connectivity index (χ0) is 15.8. The molecule has 22 heavy (non-hydrogen) atoms. The second kappa shape index (κ2) is 7.93. The summed E-state index contributed by atoms with van der Waals surface area (Å²) in [5.41, 5.74) is 1.71. The van der Waals surface area contributed by atoms with Crippen molar-refractivity contribution in [1.29, 1.82) is 0 Å². The van der Waals surface area contributed by atoms with E-state index in [0.29, 0.717) is 11.4 Å². The van der Waals surface area contributed by atoms with Crippen LogP contribution in [0.5, 0.6) is 11.5 Å². The lowest BCUT2D eigenvalue weighted by Crippen LogP contribution is -2.32. The van der Waals surface area contributed by atoms with Gasteiger partial charge in [-0.05, 0) is 30.2 Å². The van der Waals surface area contributed by atoms with Crippen LogP contribution in [0.3, 0.4) is 0 Å². The summed E-state index contributed by atoms with van der Waals surface area (Å²) in [5, 5.41) is 5.38. The van der Waals surface area contributed by atoms with Crippen LogP contribution in [-0.4, -0.2) is 19.9 Å². The van der Waals surface area contributed by atoms with Crippen molar-refractivity contribution in [2.45, 2.75) is 13.3 Å². The fourth-order valence-electron chi connectivity index (χ4n) is 2.03. The van der Waals surface area contributed by atoms with Gasteiger partial charge in [-0.1, -0.05) is 37.3 Å². The number of methoxy groups -OCH3 is 1. The first-order chi connectivity index (χ1) is 10.7. The third-order valence-corrected chi connectivity index (χ3v) is 3.17. The highest BCUT2D eigenvalue weighted by Gasteiger charge is 2.06. The van der Waals surface area contributed by atoms with Gasteiger partial charge >= 0.3 is 6.03 Å². The molecule has 0 saturated carbocycles. The van der Waals surface area contributed by atoms with Crippen LogP contribution in [0.2, 0.25) is 0 Å². The minimum absolute atomic E-state index is 0.0952. The van der Waals surface area contributed by atoms with Gasteiger partial charge in [0.05, 0.1) is 12.8 Å². The molecule has 116 valence electrons. The number of amides is 2. The Labute approximate surface area is 130 Å². The largest absolute Gasteiger partial charge is 0.495 e. The lowest BCUT2D eigenvalue weighted by molar-refractivity contribution is 0.234. The van der Waals surface area contributed by atoms with Crippen LogP contribution >= 0.6 is 0 Å². The number of aryl methyl sites for hydroxylation is 1. The van der Waals surface area contributed by atoms with Crippen LogP contribution < -0.4 is 20.1 Å². The Balaban J connectivity index is 1.85. The normalized spacial score (nSPS) is 9.91. The molecule has 0 aliphatic carbocycles. The number of anilines is 1. The van der Waals surface area contributed by atoms with Gasteiger partial charge in [0, 0.05) is 0 Å². The maximum absolute atomic E-state index is 11.9. The molecule has 0 radical (unpaired) electrons. The summed E-state index contributed by atoms with van der Waals surface area (Å²) in [5.74, 6) is 1.39. The molecule has 2 rings (SSSR count). The van der Waals surface area contributed by atoms with Crippen molar-refractivity contribution in [1.82, 2.24) is 5.32 Å². The number of carbonyl (C=O) groups excluding carboxylic acids is 1. The van der Waals surface area contributed by atoms with Crippen molar-refractivity contribution in [3.05, 3.63) is 54.1 Å². The molecule has 0 aliphatic rings. The average Bonchev–Trinajstić information content (AvgIpc) is 2.55. The van der Waals surface area contributed by atoms with E-state index in [9.17, 15) is 4.79 Å². The van der Waals surface area contributed by atoms with Crippen LogP contribution in [0.1, 0.15) is 12.5 Å². The molecule has 2 amide bonds. The summed E-state index contributed by atoms with van der Waals surface area (Å²) in [4.78, 5) is 11.9. The van der Waals surface area contributed by atoms with Crippen molar-refractivity contribution < 1.29 is 14.3 Å². The van der Waals surface area contributed by atoms with E-state index in [-0.39, 0.29) is 12.8 Å². The van der Waals surface area contributed by atoms with E-state index in [4.69, 9.17) is 9.47 Å². The van der Waals surface area contributed by atoms with Crippen molar-refractivity contribution >= 4 is 11.7 Å². The van der Waals surface area contributed by atoms with Crippen LogP contribution in [0.15, 0.2) is 48.5 Å². The Morgan fingerprint density at radius 3 is 2.45 bits per heavy atom. The summed E-state index contributed by atoms with van der Waals surface area (Å²) in [6.45, 7) is 2.15. The molecule has 2 aromatic rings. The molecule has 0 unspecified atom stereocenters. The second-order valence-corrected chi connectivity index (χ2v) is 4.58. The predicted molar refractivity (Wildman–Crippen MR) is 86.5 cm³/mol. The molecule has 0 heterocycles. The van der Waals surface area contributed by atoms with E-state index >= 15 is 0 Å². The summed E-state index contributed by atoms with van der Waals surface area (Å²) in [6, 6.07) is 14.6. The first-order valence-electron chi connectivity index (χ1n) is 7.13. The topological polar surface area (TPSA) is 59.6 Å². The number of rotatable bonds is 6. The molecule has 0 spiro atoms. The van der Waals surface area contributed by atoms with Gasteiger partial charge in [-0.3, -0.25) is 0 Å². The molecule has 0 aliphatic heterocycles. The Kier molecular flexibility index (Phi) is 5.65. The summed E-state index contributed by atoms with van der Waals surface area (Å²) < 4.78 is 10.8.